The van der Waals surface area contributed by atoms with Gasteiger partial charge >= 0.3 is 0 Å². The minimum absolute atomic E-state index is 0.871. The molecule has 2 heterocycles. The molecule has 0 N–H and O–H groups in total. The van der Waals surface area contributed by atoms with Crippen molar-refractivity contribution >= 4 is 104 Å². The van der Waals surface area contributed by atoms with Gasteiger partial charge in [0, 0.05) is 44.7 Å². The highest BCUT2D eigenvalue weighted by Gasteiger charge is 2.18. The molecular weight excluding hydrogens is 599 g/mol. The third kappa shape index (κ3) is 3.96. The number of rotatable bonds is 3. The number of para-hydroxylation sites is 2. The van der Waals surface area contributed by atoms with E-state index in [0.29, 0.717) is 0 Å². The number of hydrogen-bond acceptors (Lipinski definition) is 3. The summed E-state index contributed by atoms with van der Waals surface area (Å²) < 4.78 is 12.7. The van der Waals surface area contributed by atoms with Gasteiger partial charge in [0.25, 0.3) is 0 Å². The van der Waals surface area contributed by atoms with Crippen LogP contribution in [0.3, 0.4) is 0 Å². The summed E-state index contributed by atoms with van der Waals surface area (Å²) >= 11 is 0. The summed E-state index contributed by atoms with van der Waals surface area (Å²) in [5.41, 5.74) is 6.79. The van der Waals surface area contributed by atoms with E-state index in [0.717, 1.165) is 66.3 Å². The Morgan fingerprint density at radius 1 is 0.265 bits per heavy atom. The number of hydrogen-bond donors (Lipinski definition) is 0. The highest BCUT2D eigenvalue weighted by atomic mass is 16.3. The van der Waals surface area contributed by atoms with Gasteiger partial charge in [0.05, 0.1) is 0 Å². The molecular formula is C46H27NO2. The second kappa shape index (κ2) is 9.96. The van der Waals surface area contributed by atoms with Crippen molar-refractivity contribution in [2.45, 2.75) is 0 Å². The summed E-state index contributed by atoms with van der Waals surface area (Å²) in [7, 11) is 0. The quantitative estimate of drug-likeness (QED) is 0.183. The van der Waals surface area contributed by atoms with Crippen molar-refractivity contribution in [2.24, 2.45) is 0 Å². The van der Waals surface area contributed by atoms with Gasteiger partial charge in [0.2, 0.25) is 0 Å². The number of furan rings is 2. The van der Waals surface area contributed by atoms with E-state index in [2.05, 4.69) is 144 Å². The fourth-order valence-corrected chi connectivity index (χ4v) is 7.83. The highest BCUT2D eigenvalue weighted by Crippen LogP contribution is 2.42. The third-order valence-corrected chi connectivity index (χ3v) is 10.2. The zero-order valence-electron chi connectivity index (χ0n) is 26.4. The zero-order chi connectivity index (χ0) is 32.1. The van der Waals surface area contributed by atoms with Crippen molar-refractivity contribution in [2.75, 3.05) is 4.90 Å². The van der Waals surface area contributed by atoms with Gasteiger partial charge in [-0.3, -0.25) is 0 Å². The number of benzene rings is 9. The molecule has 0 aliphatic carbocycles. The lowest BCUT2D eigenvalue weighted by Crippen LogP contribution is -2.10. The van der Waals surface area contributed by atoms with Crippen LogP contribution in [0.25, 0.3) is 87.0 Å². The van der Waals surface area contributed by atoms with Crippen molar-refractivity contribution in [1.82, 2.24) is 0 Å². The molecule has 11 aromatic rings. The van der Waals surface area contributed by atoms with Crippen LogP contribution < -0.4 is 4.90 Å². The number of fused-ring (bicyclic) bond motifs is 12. The zero-order valence-corrected chi connectivity index (χ0v) is 26.4. The average Bonchev–Trinajstić information content (AvgIpc) is 3.71. The smallest absolute Gasteiger partial charge is 0.137 e. The van der Waals surface area contributed by atoms with E-state index >= 15 is 0 Å². The van der Waals surface area contributed by atoms with Gasteiger partial charge in [-0.1, -0.05) is 97.1 Å². The van der Waals surface area contributed by atoms with Crippen LogP contribution >= 0.6 is 0 Å². The first-order valence-electron chi connectivity index (χ1n) is 16.7. The molecule has 11 rings (SSSR count). The van der Waals surface area contributed by atoms with E-state index in [1.807, 2.05) is 24.3 Å². The van der Waals surface area contributed by atoms with Crippen molar-refractivity contribution in [3.05, 3.63) is 164 Å². The summed E-state index contributed by atoms with van der Waals surface area (Å²) in [6.45, 7) is 0. The maximum Gasteiger partial charge on any atom is 0.137 e. The fraction of sp³-hybridized carbons (Fsp3) is 0. The standard InChI is InChI=1S/C46H27NO2/c1-2-8-35-28(7-1)13-14-29-17-19-32(24-39(29)35)47(34-21-22-38-36-9-3-5-11-43(36)49-46(38)26-34)33-20-18-30-15-16-31-23-45-42(27-41(31)40(30)25-33)37-10-4-6-12-44(37)48-45/h1-27H. The molecule has 49 heavy (non-hydrogen) atoms. The molecule has 9 aromatic carbocycles. The third-order valence-electron chi connectivity index (χ3n) is 10.2. The van der Waals surface area contributed by atoms with Crippen LogP contribution in [0, 0.1) is 0 Å². The molecule has 0 aliphatic heterocycles. The second-order valence-electron chi connectivity index (χ2n) is 12.9. The van der Waals surface area contributed by atoms with E-state index in [9.17, 15) is 0 Å². The van der Waals surface area contributed by atoms with Crippen LogP contribution in [-0.2, 0) is 0 Å². The van der Waals surface area contributed by atoms with Crippen LogP contribution in [0.15, 0.2) is 173 Å². The van der Waals surface area contributed by atoms with Crippen molar-refractivity contribution in [3.63, 3.8) is 0 Å². The molecule has 228 valence electrons. The molecule has 3 heteroatoms. The second-order valence-corrected chi connectivity index (χ2v) is 12.9. The van der Waals surface area contributed by atoms with Crippen LogP contribution in [-0.4, -0.2) is 0 Å². The monoisotopic (exact) mass is 625 g/mol. The number of nitrogens with zero attached hydrogens (tertiary/aromatic N) is 1. The van der Waals surface area contributed by atoms with E-state index in [-0.39, 0.29) is 0 Å². The summed E-state index contributed by atoms with van der Waals surface area (Å²) in [4.78, 5) is 2.36. The molecule has 0 saturated carbocycles. The van der Waals surface area contributed by atoms with Gasteiger partial charge in [0.15, 0.2) is 0 Å². The minimum Gasteiger partial charge on any atom is -0.456 e. The first-order valence-corrected chi connectivity index (χ1v) is 16.7. The Morgan fingerprint density at radius 3 is 1.43 bits per heavy atom. The van der Waals surface area contributed by atoms with E-state index < -0.39 is 0 Å². The minimum atomic E-state index is 0.871. The summed E-state index contributed by atoms with van der Waals surface area (Å²) in [5.74, 6) is 0. The molecule has 0 radical (unpaired) electrons. The lowest BCUT2D eigenvalue weighted by Gasteiger charge is -2.26. The van der Waals surface area contributed by atoms with Crippen molar-refractivity contribution in [3.8, 4) is 0 Å². The summed E-state index contributed by atoms with van der Waals surface area (Å²) in [6, 6.07) is 58.7. The Hall–Kier alpha value is -6.58. The molecule has 3 nitrogen and oxygen atoms in total. The molecule has 0 fully saturated rings. The molecule has 0 saturated heterocycles. The Kier molecular flexibility index (Phi) is 5.38. The molecule has 2 aromatic heterocycles. The van der Waals surface area contributed by atoms with E-state index in [1.54, 1.807) is 0 Å². The van der Waals surface area contributed by atoms with Gasteiger partial charge in [-0.25, -0.2) is 0 Å². The lowest BCUT2D eigenvalue weighted by atomic mass is 9.98. The SMILES string of the molecule is c1ccc2c(c1)ccc1ccc(N(c3ccc4c(c3)oc3ccccc34)c3ccc4ccc5cc6oc7ccccc7c6cc5c4c3)cc12. The Labute approximate surface area is 280 Å². The maximum absolute atomic E-state index is 6.40. The van der Waals surface area contributed by atoms with Gasteiger partial charge in [0.1, 0.15) is 22.3 Å². The van der Waals surface area contributed by atoms with Crippen molar-refractivity contribution in [1.29, 1.82) is 0 Å². The average molecular weight is 626 g/mol. The normalized spacial score (nSPS) is 12.1. The molecule has 0 aliphatic rings. The van der Waals surface area contributed by atoms with Gasteiger partial charge in [-0.05, 0) is 104 Å². The number of anilines is 3. The van der Waals surface area contributed by atoms with Crippen LogP contribution in [0.4, 0.5) is 17.1 Å². The van der Waals surface area contributed by atoms with Crippen molar-refractivity contribution < 1.29 is 8.83 Å². The molecule has 0 unspecified atom stereocenters. The molecule has 0 bridgehead atoms. The molecule has 0 spiro atoms. The predicted molar refractivity (Wildman–Crippen MR) is 206 cm³/mol. The van der Waals surface area contributed by atoms with E-state index in [4.69, 9.17) is 8.83 Å². The van der Waals surface area contributed by atoms with Crippen LogP contribution in [0.1, 0.15) is 0 Å². The topological polar surface area (TPSA) is 29.5 Å². The predicted octanol–water partition coefficient (Wildman–Crippen LogP) is 13.6. The van der Waals surface area contributed by atoms with Gasteiger partial charge in [-0.2, -0.15) is 0 Å². The van der Waals surface area contributed by atoms with Gasteiger partial charge < -0.3 is 13.7 Å². The lowest BCUT2D eigenvalue weighted by molar-refractivity contribution is 0.669. The Bertz CT molecular complexity index is 3130. The maximum atomic E-state index is 6.40. The summed E-state index contributed by atoms with van der Waals surface area (Å²) in [6.07, 6.45) is 0. The van der Waals surface area contributed by atoms with E-state index in [1.165, 1.54) is 37.7 Å². The first-order chi connectivity index (χ1) is 24.2. The van der Waals surface area contributed by atoms with Gasteiger partial charge in [-0.15, -0.1) is 0 Å². The van der Waals surface area contributed by atoms with Crippen LogP contribution in [0.5, 0.6) is 0 Å². The summed E-state index contributed by atoms with van der Waals surface area (Å²) in [5, 5.41) is 14.2. The molecule has 0 atom stereocenters. The fourth-order valence-electron chi connectivity index (χ4n) is 7.83. The highest BCUT2D eigenvalue weighted by molar-refractivity contribution is 6.17. The Balaban J connectivity index is 1.18. The molecule has 0 amide bonds. The van der Waals surface area contributed by atoms with Crippen LogP contribution in [0.2, 0.25) is 0 Å². The largest absolute Gasteiger partial charge is 0.456 e. The first kappa shape index (κ1) is 26.5. The Morgan fingerprint density at radius 2 is 0.714 bits per heavy atom.